The van der Waals surface area contributed by atoms with Crippen LogP contribution in [0.5, 0.6) is 0 Å². The number of nitriles is 1. The molecular weight excluding hydrogens is 222 g/mol. The van der Waals surface area contributed by atoms with Gasteiger partial charge in [-0.3, -0.25) is 0 Å². The first-order chi connectivity index (χ1) is 7.90. The molecule has 0 saturated heterocycles. The van der Waals surface area contributed by atoms with Gasteiger partial charge in [-0.2, -0.15) is 5.26 Å². The van der Waals surface area contributed by atoms with E-state index in [9.17, 15) is 0 Å². The Balaban J connectivity index is 1.88. The number of hydrogen-bond donors (Lipinski definition) is 0. The Labute approximate surface area is 99.4 Å². The van der Waals surface area contributed by atoms with Crippen LogP contribution in [0.1, 0.15) is 50.3 Å². The van der Waals surface area contributed by atoms with Crippen LogP contribution in [0, 0.1) is 11.3 Å². The molecule has 4 nitrogen and oxygen atoms in total. The molecule has 1 aliphatic rings. The second kappa shape index (κ2) is 5.90. The van der Waals surface area contributed by atoms with Gasteiger partial charge in [0.2, 0.25) is 5.89 Å². The van der Waals surface area contributed by atoms with Crippen LogP contribution >= 0.6 is 11.8 Å². The van der Waals surface area contributed by atoms with Crippen molar-refractivity contribution in [3.05, 3.63) is 5.89 Å². The molecule has 0 aliphatic heterocycles. The van der Waals surface area contributed by atoms with Crippen molar-refractivity contribution in [3.8, 4) is 6.07 Å². The van der Waals surface area contributed by atoms with Gasteiger partial charge in [-0.15, -0.1) is 10.2 Å². The van der Waals surface area contributed by atoms with Crippen LogP contribution in [0.3, 0.4) is 0 Å². The van der Waals surface area contributed by atoms with Gasteiger partial charge in [0.25, 0.3) is 5.22 Å². The average Bonchev–Trinajstić information content (AvgIpc) is 2.79. The summed E-state index contributed by atoms with van der Waals surface area (Å²) in [5.41, 5.74) is 0. The van der Waals surface area contributed by atoms with Crippen molar-refractivity contribution in [2.24, 2.45) is 0 Å². The zero-order chi connectivity index (χ0) is 11.2. The van der Waals surface area contributed by atoms with Gasteiger partial charge in [-0.25, -0.2) is 0 Å². The maximum Gasteiger partial charge on any atom is 0.276 e. The zero-order valence-corrected chi connectivity index (χ0v) is 10.0. The van der Waals surface area contributed by atoms with Gasteiger partial charge in [0, 0.05) is 18.1 Å². The Kier molecular flexibility index (Phi) is 4.23. The molecular formula is C11H15N3OS. The second-order valence-corrected chi connectivity index (χ2v) is 5.04. The fourth-order valence-corrected chi connectivity index (χ4v) is 2.59. The van der Waals surface area contributed by atoms with Crippen LogP contribution in [-0.2, 0) is 0 Å². The van der Waals surface area contributed by atoms with Crippen LogP contribution < -0.4 is 0 Å². The summed E-state index contributed by atoms with van der Waals surface area (Å²) < 4.78 is 5.60. The monoisotopic (exact) mass is 237 g/mol. The lowest BCUT2D eigenvalue weighted by molar-refractivity contribution is 0.334. The predicted molar refractivity (Wildman–Crippen MR) is 61.1 cm³/mol. The number of hydrogen-bond acceptors (Lipinski definition) is 5. The molecule has 0 unspecified atom stereocenters. The third-order valence-electron chi connectivity index (χ3n) is 2.82. The number of thioether (sulfide) groups is 1. The maximum atomic E-state index is 8.42. The van der Waals surface area contributed by atoms with Crippen molar-refractivity contribution < 1.29 is 4.42 Å². The molecule has 1 aromatic rings. The molecule has 0 radical (unpaired) electrons. The molecule has 0 bridgehead atoms. The lowest BCUT2D eigenvalue weighted by Crippen LogP contribution is -2.04. The summed E-state index contributed by atoms with van der Waals surface area (Å²) in [5, 5.41) is 17.1. The molecule has 2 rings (SSSR count). The summed E-state index contributed by atoms with van der Waals surface area (Å²) in [6.07, 6.45) is 6.73. The van der Waals surface area contributed by atoms with Crippen molar-refractivity contribution in [3.63, 3.8) is 0 Å². The molecule has 5 heteroatoms. The van der Waals surface area contributed by atoms with E-state index in [1.807, 2.05) is 0 Å². The molecule has 1 aliphatic carbocycles. The summed E-state index contributed by atoms with van der Waals surface area (Å²) in [6.45, 7) is 0. The highest BCUT2D eigenvalue weighted by atomic mass is 32.2. The highest BCUT2D eigenvalue weighted by molar-refractivity contribution is 7.99. The molecule has 16 heavy (non-hydrogen) atoms. The van der Waals surface area contributed by atoms with Gasteiger partial charge in [0.05, 0.1) is 6.07 Å². The highest BCUT2D eigenvalue weighted by Gasteiger charge is 2.21. The summed E-state index contributed by atoms with van der Waals surface area (Å²) in [5.74, 6) is 1.98. The molecule has 0 aromatic carbocycles. The van der Waals surface area contributed by atoms with Gasteiger partial charge in [-0.1, -0.05) is 31.0 Å². The van der Waals surface area contributed by atoms with Gasteiger partial charge < -0.3 is 4.42 Å². The molecule has 0 N–H and O–H groups in total. The quantitative estimate of drug-likeness (QED) is 0.594. The van der Waals surface area contributed by atoms with E-state index >= 15 is 0 Å². The van der Waals surface area contributed by atoms with E-state index in [4.69, 9.17) is 9.68 Å². The standard InChI is InChI=1S/C11H15N3OS/c12-7-4-8-16-11-14-13-10(15-11)9-5-2-1-3-6-9/h9H,1-6,8H2. The maximum absolute atomic E-state index is 8.42. The Bertz CT molecular complexity index is 366. The van der Waals surface area contributed by atoms with Gasteiger partial charge in [-0.05, 0) is 12.8 Å². The molecule has 1 fully saturated rings. The molecule has 1 saturated carbocycles. The van der Waals surface area contributed by atoms with Crippen molar-refractivity contribution >= 4 is 11.8 Å². The number of aromatic nitrogens is 2. The van der Waals surface area contributed by atoms with Crippen molar-refractivity contribution in [1.82, 2.24) is 10.2 Å². The van der Waals surface area contributed by atoms with Crippen molar-refractivity contribution in [1.29, 1.82) is 5.26 Å². The third kappa shape index (κ3) is 2.99. The van der Waals surface area contributed by atoms with E-state index in [2.05, 4.69) is 16.3 Å². The average molecular weight is 237 g/mol. The Hall–Kier alpha value is -1.02. The van der Waals surface area contributed by atoms with Crippen molar-refractivity contribution in [2.75, 3.05) is 5.75 Å². The molecule has 1 aromatic heterocycles. The lowest BCUT2D eigenvalue weighted by Gasteiger charge is -2.17. The third-order valence-corrected chi connectivity index (χ3v) is 3.64. The Morgan fingerprint density at radius 2 is 2.12 bits per heavy atom. The Morgan fingerprint density at radius 3 is 2.88 bits per heavy atom. The first-order valence-corrected chi connectivity index (χ1v) is 6.72. The van der Waals surface area contributed by atoms with E-state index in [1.165, 1.54) is 43.9 Å². The van der Waals surface area contributed by atoms with E-state index in [1.54, 1.807) is 0 Å². The van der Waals surface area contributed by atoms with E-state index in [0.717, 1.165) is 11.6 Å². The smallest absolute Gasteiger partial charge is 0.276 e. The van der Waals surface area contributed by atoms with Crippen LogP contribution in [0.15, 0.2) is 9.64 Å². The lowest BCUT2D eigenvalue weighted by atomic mass is 9.89. The second-order valence-electron chi connectivity index (χ2n) is 4.00. The fraction of sp³-hybridized carbons (Fsp3) is 0.727. The van der Waals surface area contributed by atoms with Crippen LogP contribution in [0.2, 0.25) is 0 Å². The van der Waals surface area contributed by atoms with Gasteiger partial charge in [0.1, 0.15) is 0 Å². The topological polar surface area (TPSA) is 62.7 Å². The fourth-order valence-electron chi connectivity index (χ4n) is 1.98. The van der Waals surface area contributed by atoms with Crippen LogP contribution in [0.4, 0.5) is 0 Å². The summed E-state index contributed by atoms with van der Waals surface area (Å²) in [6, 6.07) is 2.10. The van der Waals surface area contributed by atoms with Crippen LogP contribution in [0.25, 0.3) is 0 Å². The van der Waals surface area contributed by atoms with Crippen LogP contribution in [-0.4, -0.2) is 16.0 Å². The normalized spacial score (nSPS) is 17.2. The van der Waals surface area contributed by atoms with E-state index in [-0.39, 0.29) is 0 Å². The summed E-state index contributed by atoms with van der Waals surface area (Å²) in [4.78, 5) is 0. The first-order valence-electron chi connectivity index (χ1n) is 5.73. The minimum atomic E-state index is 0.464. The molecule has 1 heterocycles. The largest absolute Gasteiger partial charge is 0.416 e. The van der Waals surface area contributed by atoms with E-state index in [0.29, 0.717) is 17.6 Å². The van der Waals surface area contributed by atoms with Crippen molar-refractivity contribution in [2.45, 2.75) is 49.7 Å². The number of rotatable bonds is 4. The Morgan fingerprint density at radius 1 is 1.31 bits per heavy atom. The van der Waals surface area contributed by atoms with E-state index < -0.39 is 0 Å². The minimum absolute atomic E-state index is 0.464. The zero-order valence-electron chi connectivity index (χ0n) is 9.19. The predicted octanol–water partition coefficient (Wildman–Crippen LogP) is 3.12. The molecule has 86 valence electrons. The molecule has 0 spiro atoms. The number of nitrogens with zero attached hydrogens (tertiary/aromatic N) is 3. The SMILES string of the molecule is N#CCCSc1nnc(C2CCCCC2)o1. The first kappa shape index (κ1) is 11.5. The van der Waals surface area contributed by atoms with Gasteiger partial charge >= 0.3 is 0 Å². The summed E-state index contributed by atoms with van der Waals surface area (Å²) in [7, 11) is 0. The molecule has 0 amide bonds. The minimum Gasteiger partial charge on any atom is -0.416 e. The molecule has 0 atom stereocenters. The van der Waals surface area contributed by atoms with Gasteiger partial charge in [0.15, 0.2) is 0 Å². The highest BCUT2D eigenvalue weighted by Crippen LogP contribution is 2.32. The summed E-state index contributed by atoms with van der Waals surface area (Å²) >= 11 is 1.47.